The number of hydrogen-bond donors (Lipinski definition) is 2. The molecule has 1 unspecified atom stereocenters. The number of aliphatic hydroxyl groups is 1. The summed E-state index contributed by atoms with van der Waals surface area (Å²) in [5.41, 5.74) is 6.35. The van der Waals surface area contributed by atoms with E-state index < -0.39 is 5.54 Å². The zero-order valence-corrected chi connectivity index (χ0v) is 9.40. The van der Waals surface area contributed by atoms with Gasteiger partial charge < -0.3 is 20.3 Å². The third-order valence-electron chi connectivity index (χ3n) is 2.58. The van der Waals surface area contributed by atoms with Crippen LogP contribution >= 0.6 is 0 Å². The molecule has 0 spiro atoms. The molecule has 0 radical (unpaired) electrons. The van der Waals surface area contributed by atoms with Gasteiger partial charge in [-0.2, -0.15) is 0 Å². The molecule has 4 heteroatoms. The van der Waals surface area contributed by atoms with Gasteiger partial charge in [0, 0.05) is 5.54 Å². The molecule has 4 nitrogen and oxygen atoms in total. The van der Waals surface area contributed by atoms with Crippen molar-refractivity contribution in [3.63, 3.8) is 0 Å². The van der Waals surface area contributed by atoms with Crippen molar-refractivity contribution in [1.82, 2.24) is 0 Å². The summed E-state index contributed by atoms with van der Waals surface area (Å²) in [4.78, 5) is 0. The molecule has 2 rings (SSSR count). The summed E-state index contributed by atoms with van der Waals surface area (Å²) in [5.74, 6) is 1.54. The first kappa shape index (κ1) is 11.2. The molecule has 1 aromatic rings. The lowest BCUT2D eigenvalue weighted by Gasteiger charge is -2.23. The van der Waals surface area contributed by atoms with Crippen molar-refractivity contribution in [3.05, 3.63) is 23.8 Å². The van der Waals surface area contributed by atoms with Crippen LogP contribution in [0.5, 0.6) is 11.5 Å². The molecule has 0 aliphatic carbocycles. The van der Waals surface area contributed by atoms with Gasteiger partial charge in [-0.05, 0) is 31.0 Å². The maximum Gasteiger partial charge on any atom is 0.161 e. The maximum absolute atomic E-state index is 9.11. The van der Waals surface area contributed by atoms with Crippen LogP contribution in [0.2, 0.25) is 0 Å². The average molecular weight is 223 g/mol. The highest BCUT2D eigenvalue weighted by Crippen LogP contribution is 2.31. The molecule has 16 heavy (non-hydrogen) atoms. The van der Waals surface area contributed by atoms with E-state index in [1.807, 2.05) is 25.1 Å². The van der Waals surface area contributed by atoms with Gasteiger partial charge in [0.15, 0.2) is 11.5 Å². The zero-order valence-electron chi connectivity index (χ0n) is 9.40. The molecule has 1 aliphatic heterocycles. The minimum atomic E-state index is -0.593. The van der Waals surface area contributed by atoms with Gasteiger partial charge >= 0.3 is 0 Å². The second-order valence-electron chi connectivity index (χ2n) is 4.47. The molecule has 3 N–H and O–H groups in total. The highest BCUT2D eigenvalue weighted by molar-refractivity contribution is 5.44. The molecule has 0 saturated heterocycles. The van der Waals surface area contributed by atoms with Crippen molar-refractivity contribution in [2.75, 3.05) is 19.8 Å². The van der Waals surface area contributed by atoms with Crippen LogP contribution in [0.15, 0.2) is 18.2 Å². The minimum Gasteiger partial charge on any atom is -0.486 e. The Morgan fingerprint density at radius 1 is 1.31 bits per heavy atom. The summed E-state index contributed by atoms with van der Waals surface area (Å²) in [7, 11) is 0. The maximum atomic E-state index is 9.11. The van der Waals surface area contributed by atoms with Crippen molar-refractivity contribution in [2.24, 2.45) is 5.73 Å². The van der Waals surface area contributed by atoms with Crippen molar-refractivity contribution in [3.8, 4) is 11.5 Å². The highest BCUT2D eigenvalue weighted by Gasteiger charge is 2.19. The summed E-state index contributed by atoms with van der Waals surface area (Å²) >= 11 is 0. The number of rotatable bonds is 3. The second kappa shape index (κ2) is 4.31. The quantitative estimate of drug-likeness (QED) is 0.792. The van der Waals surface area contributed by atoms with E-state index >= 15 is 0 Å². The Balaban J connectivity index is 2.17. The number of nitrogens with two attached hydrogens (primary N) is 1. The Morgan fingerprint density at radius 2 is 2.00 bits per heavy atom. The summed E-state index contributed by atoms with van der Waals surface area (Å²) < 4.78 is 10.9. The number of benzene rings is 1. The lowest BCUT2D eigenvalue weighted by molar-refractivity contribution is 0.171. The van der Waals surface area contributed by atoms with Gasteiger partial charge in [-0.15, -0.1) is 0 Å². The Kier molecular flexibility index (Phi) is 3.03. The van der Waals surface area contributed by atoms with Crippen LogP contribution in [0.4, 0.5) is 0 Å². The van der Waals surface area contributed by atoms with Gasteiger partial charge in [0.05, 0.1) is 6.61 Å². The molecule has 0 bridgehead atoms. The van der Waals surface area contributed by atoms with Crippen molar-refractivity contribution < 1.29 is 14.6 Å². The van der Waals surface area contributed by atoms with E-state index in [2.05, 4.69) is 0 Å². The molecular weight excluding hydrogens is 206 g/mol. The second-order valence-corrected chi connectivity index (χ2v) is 4.47. The first-order valence-electron chi connectivity index (χ1n) is 5.39. The fraction of sp³-hybridized carbons (Fsp3) is 0.500. The fourth-order valence-electron chi connectivity index (χ4n) is 1.72. The van der Waals surface area contributed by atoms with Crippen LogP contribution in [-0.2, 0) is 6.42 Å². The van der Waals surface area contributed by atoms with E-state index in [9.17, 15) is 0 Å². The van der Waals surface area contributed by atoms with Gasteiger partial charge in [0.25, 0.3) is 0 Å². The first-order chi connectivity index (χ1) is 7.61. The van der Waals surface area contributed by atoms with Crippen LogP contribution in [0.3, 0.4) is 0 Å². The van der Waals surface area contributed by atoms with Crippen LogP contribution in [0, 0.1) is 0 Å². The summed E-state index contributed by atoms with van der Waals surface area (Å²) in [6, 6.07) is 5.76. The van der Waals surface area contributed by atoms with Crippen LogP contribution in [0.25, 0.3) is 0 Å². The first-order valence-corrected chi connectivity index (χ1v) is 5.39. The highest BCUT2D eigenvalue weighted by atomic mass is 16.6. The average Bonchev–Trinajstić information content (AvgIpc) is 2.28. The molecule has 88 valence electrons. The van der Waals surface area contributed by atoms with Gasteiger partial charge in [0.1, 0.15) is 13.2 Å². The van der Waals surface area contributed by atoms with Gasteiger partial charge in [0.2, 0.25) is 0 Å². The number of hydrogen-bond acceptors (Lipinski definition) is 4. The van der Waals surface area contributed by atoms with Gasteiger partial charge in [-0.1, -0.05) is 6.07 Å². The molecule has 1 atom stereocenters. The molecule has 1 heterocycles. The lowest BCUT2D eigenvalue weighted by atomic mass is 9.95. The van der Waals surface area contributed by atoms with Crippen molar-refractivity contribution in [1.29, 1.82) is 0 Å². The molecule has 0 aromatic heterocycles. The van der Waals surface area contributed by atoms with E-state index in [0.29, 0.717) is 19.6 Å². The van der Waals surface area contributed by atoms with Crippen LogP contribution < -0.4 is 15.2 Å². The Bertz CT molecular complexity index is 377. The molecule has 0 fully saturated rings. The van der Waals surface area contributed by atoms with Crippen molar-refractivity contribution in [2.45, 2.75) is 18.9 Å². The van der Waals surface area contributed by atoms with Gasteiger partial charge in [-0.3, -0.25) is 0 Å². The third kappa shape index (κ3) is 2.46. The van der Waals surface area contributed by atoms with E-state index in [-0.39, 0.29) is 6.61 Å². The largest absolute Gasteiger partial charge is 0.486 e. The topological polar surface area (TPSA) is 64.7 Å². The molecular formula is C12H17NO3. The normalized spacial score (nSPS) is 17.9. The zero-order chi connectivity index (χ0) is 11.6. The fourth-order valence-corrected chi connectivity index (χ4v) is 1.72. The third-order valence-corrected chi connectivity index (χ3v) is 2.58. The Morgan fingerprint density at radius 3 is 2.69 bits per heavy atom. The van der Waals surface area contributed by atoms with E-state index in [0.717, 1.165) is 17.1 Å². The molecule has 1 aromatic carbocycles. The van der Waals surface area contributed by atoms with Crippen molar-refractivity contribution >= 4 is 0 Å². The monoisotopic (exact) mass is 223 g/mol. The number of ether oxygens (including phenoxy) is 2. The van der Waals surface area contributed by atoms with E-state index in [1.165, 1.54) is 0 Å². The summed E-state index contributed by atoms with van der Waals surface area (Å²) in [6.07, 6.45) is 0.611. The summed E-state index contributed by atoms with van der Waals surface area (Å²) in [5, 5.41) is 9.11. The SMILES string of the molecule is CC(N)(CO)Cc1ccc2c(c1)OCCO2. The van der Waals surface area contributed by atoms with Crippen LogP contribution in [-0.4, -0.2) is 30.5 Å². The Labute approximate surface area is 95.0 Å². The smallest absolute Gasteiger partial charge is 0.161 e. The summed E-state index contributed by atoms with van der Waals surface area (Å²) in [6.45, 7) is 2.96. The van der Waals surface area contributed by atoms with Gasteiger partial charge in [-0.25, -0.2) is 0 Å². The molecule has 0 saturated carbocycles. The van der Waals surface area contributed by atoms with E-state index in [4.69, 9.17) is 20.3 Å². The van der Waals surface area contributed by atoms with E-state index in [1.54, 1.807) is 0 Å². The van der Waals surface area contributed by atoms with Crippen LogP contribution in [0.1, 0.15) is 12.5 Å². The molecule has 1 aliphatic rings. The minimum absolute atomic E-state index is 0.0402. The predicted octanol–water partition coefficient (Wildman–Crippen LogP) is 0.710. The number of aliphatic hydroxyl groups excluding tert-OH is 1. The lowest BCUT2D eigenvalue weighted by Crippen LogP contribution is -2.42. The number of fused-ring (bicyclic) bond motifs is 1. The predicted molar refractivity (Wildman–Crippen MR) is 60.8 cm³/mol. The standard InChI is InChI=1S/C12H17NO3/c1-12(13,8-14)7-9-2-3-10-11(6-9)16-5-4-15-10/h2-3,6,14H,4-5,7-8,13H2,1H3. The Hall–Kier alpha value is -1.26. The molecule has 0 amide bonds.